The van der Waals surface area contributed by atoms with Crippen LogP contribution in [0.1, 0.15) is 30.9 Å². The Morgan fingerprint density at radius 3 is 2.19 bits per heavy atom. The van der Waals surface area contributed by atoms with Crippen LogP contribution in [-0.4, -0.2) is 42.4 Å². The molecule has 0 radical (unpaired) electrons. The largest absolute Gasteiger partial charge is 0.545 e. The number of ether oxygens (including phenoxy) is 1. The van der Waals surface area contributed by atoms with E-state index >= 15 is 0 Å². The number of carbonyl (C=O) groups excluding carboxylic acids is 3. The molecule has 3 rings (SSSR count). The molecule has 2 heterocycles. The molecule has 2 aliphatic rings. The molecule has 8 heteroatoms. The molecule has 2 saturated heterocycles. The molecule has 0 spiro atoms. The molecule has 0 bridgehead atoms. The normalized spacial score (nSPS) is 22.3. The number of nitrogens with zero attached hydrogens (tertiary/aromatic N) is 1. The number of hydrogen-bond donors (Lipinski definition) is 0. The average molecular weight is 394 g/mol. The van der Waals surface area contributed by atoms with Gasteiger partial charge < -0.3 is 29.4 Å². The third-order valence-corrected chi connectivity index (χ3v) is 4.62. The molecule has 2 unspecified atom stereocenters. The standard InChI is InChI=1S/C15H18ClNO2.C4H4O4/c16-13-5-3-11(4-6-13)14-9-12(15(18)19-14)10-17-7-1-2-8-17;5-3(6)1-2-4(7)8/h3-6,12,14H,1-2,7-10H2;1-2H,(H,5,6)(H,7,8)/p-2/b;2-1-. The fourth-order valence-corrected chi connectivity index (χ4v) is 3.21. The van der Waals surface area contributed by atoms with Crippen molar-refractivity contribution in [1.29, 1.82) is 0 Å². The Labute approximate surface area is 162 Å². The maximum Gasteiger partial charge on any atom is 0.311 e. The first-order valence-electron chi connectivity index (χ1n) is 8.63. The van der Waals surface area contributed by atoms with Crippen LogP contribution in [0.15, 0.2) is 36.4 Å². The van der Waals surface area contributed by atoms with Crippen LogP contribution in [0.4, 0.5) is 0 Å². The first kappa shape index (κ1) is 20.9. The first-order chi connectivity index (χ1) is 12.8. The predicted octanol–water partition coefficient (Wildman–Crippen LogP) is 0.0824. The zero-order valence-corrected chi connectivity index (χ0v) is 15.4. The number of carbonyl (C=O) groups is 3. The van der Waals surface area contributed by atoms with E-state index in [0.29, 0.717) is 17.2 Å². The summed E-state index contributed by atoms with van der Waals surface area (Å²) in [5.74, 6) is -3.12. The van der Waals surface area contributed by atoms with Gasteiger partial charge in [-0.15, -0.1) is 0 Å². The Kier molecular flexibility index (Phi) is 7.82. The molecular formula is C19H20ClNO6-2. The van der Waals surface area contributed by atoms with Crippen molar-refractivity contribution in [3.05, 3.63) is 47.0 Å². The van der Waals surface area contributed by atoms with Crippen molar-refractivity contribution in [3.63, 3.8) is 0 Å². The van der Waals surface area contributed by atoms with E-state index in [1.54, 1.807) is 0 Å². The van der Waals surface area contributed by atoms with Gasteiger partial charge in [-0.2, -0.15) is 0 Å². The van der Waals surface area contributed by atoms with Gasteiger partial charge in [0.1, 0.15) is 6.10 Å². The van der Waals surface area contributed by atoms with Crippen molar-refractivity contribution in [1.82, 2.24) is 4.90 Å². The summed E-state index contributed by atoms with van der Waals surface area (Å²) in [5.41, 5.74) is 1.04. The van der Waals surface area contributed by atoms with E-state index in [2.05, 4.69) is 4.90 Å². The van der Waals surface area contributed by atoms with Gasteiger partial charge in [-0.25, -0.2) is 0 Å². The van der Waals surface area contributed by atoms with E-state index in [4.69, 9.17) is 16.3 Å². The van der Waals surface area contributed by atoms with Gasteiger partial charge in [0.2, 0.25) is 0 Å². The monoisotopic (exact) mass is 393 g/mol. The Balaban J connectivity index is 0.000000279. The topological polar surface area (TPSA) is 110 Å². The Hall–Kier alpha value is -2.38. The summed E-state index contributed by atoms with van der Waals surface area (Å²) in [6.45, 7) is 3.09. The molecule has 1 aromatic carbocycles. The fourth-order valence-electron chi connectivity index (χ4n) is 3.08. The minimum absolute atomic E-state index is 0.0266. The van der Waals surface area contributed by atoms with E-state index in [1.165, 1.54) is 12.8 Å². The highest BCUT2D eigenvalue weighted by Gasteiger charge is 2.36. The molecule has 0 amide bonds. The number of esters is 1. The summed E-state index contributed by atoms with van der Waals surface area (Å²) < 4.78 is 5.50. The van der Waals surface area contributed by atoms with Crippen molar-refractivity contribution in [3.8, 4) is 0 Å². The summed E-state index contributed by atoms with van der Waals surface area (Å²) in [6.07, 6.45) is 3.96. The second-order valence-corrected chi connectivity index (χ2v) is 6.83. The molecule has 2 atom stereocenters. The lowest BCUT2D eigenvalue weighted by Gasteiger charge is -2.16. The van der Waals surface area contributed by atoms with Crippen molar-refractivity contribution in [2.45, 2.75) is 25.4 Å². The van der Waals surface area contributed by atoms with E-state index in [9.17, 15) is 24.6 Å². The maximum atomic E-state index is 11.9. The number of cyclic esters (lactones) is 1. The van der Waals surface area contributed by atoms with E-state index < -0.39 is 11.9 Å². The van der Waals surface area contributed by atoms with Crippen LogP contribution in [0, 0.1) is 5.92 Å². The Morgan fingerprint density at radius 1 is 1.11 bits per heavy atom. The van der Waals surface area contributed by atoms with E-state index in [1.807, 2.05) is 24.3 Å². The molecule has 146 valence electrons. The molecule has 0 N–H and O–H groups in total. The Bertz CT molecular complexity index is 681. The third kappa shape index (κ3) is 7.03. The fraction of sp³-hybridized carbons (Fsp3) is 0.421. The highest BCUT2D eigenvalue weighted by Crippen LogP contribution is 2.34. The predicted molar refractivity (Wildman–Crippen MR) is 93.2 cm³/mol. The van der Waals surface area contributed by atoms with Crippen LogP contribution < -0.4 is 10.2 Å². The Morgan fingerprint density at radius 2 is 1.67 bits per heavy atom. The van der Waals surface area contributed by atoms with Gasteiger partial charge in [0.05, 0.1) is 17.9 Å². The van der Waals surface area contributed by atoms with Gasteiger partial charge in [-0.3, -0.25) is 4.79 Å². The molecular weight excluding hydrogens is 374 g/mol. The summed E-state index contributed by atoms with van der Waals surface area (Å²) in [5, 5.41) is 19.5. The van der Waals surface area contributed by atoms with Crippen molar-refractivity contribution < 1.29 is 29.3 Å². The second-order valence-electron chi connectivity index (χ2n) is 6.39. The number of carboxylic acid groups (broad SMARTS) is 2. The van der Waals surface area contributed by atoms with Crippen LogP contribution in [0.25, 0.3) is 0 Å². The number of rotatable bonds is 5. The average Bonchev–Trinajstić information content (AvgIpc) is 3.25. The van der Waals surface area contributed by atoms with Crippen LogP contribution in [0.5, 0.6) is 0 Å². The zero-order chi connectivity index (χ0) is 19.8. The quantitative estimate of drug-likeness (QED) is 0.514. The maximum absolute atomic E-state index is 11.9. The number of carboxylic acids is 2. The summed E-state index contributed by atoms with van der Waals surface area (Å²) >= 11 is 5.87. The van der Waals surface area contributed by atoms with E-state index in [-0.39, 0.29) is 18.0 Å². The van der Waals surface area contributed by atoms with Gasteiger partial charge in [0.15, 0.2) is 0 Å². The van der Waals surface area contributed by atoms with Gasteiger partial charge in [0, 0.05) is 18.0 Å². The van der Waals surface area contributed by atoms with Gasteiger partial charge in [-0.05, 0) is 55.8 Å². The lowest BCUT2D eigenvalue weighted by atomic mass is 10.00. The van der Waals surface area contributed by atoms with E-state index in [0.717, 1.165) is 31.6 Å². The number of likely N-dealkylation sites (tertiary alicyclic amines) is 1. The van der Waals surface area contributed by atoms with Gasteiger partial charge in [0.25, 0.3) is 0 Å². The van der Waals surface area contributed by atoms with Gasteiger partial charge in [-0.1, -0.05) is 23.7 Å². The number of aliphatic carboxylic acids is 2. The van der Waals surface area contributed by atoms with Crippen LogP contribution in [0.2, 0.25) is 5.02 Å². The van der Waals surface area contributed by atoms with Gasteiger partial charge >= 0.3 is 5.97 Å². The summed E-state index contributed by atoms with van der Waals surface area (Å²) in [7, 11) is 0. The zero-order valence-electron chi connectivity index (χ0n) is 14.6. The van der Waals surface area contributed by atoms with Crippen molar-refractivity contribution >= 4 is 29.5 Å². The molecule has 0 aliphatic carbocycles. The smallest absolute Gasteiger partial charge is 0.311 e. The first-order valence-corrected chi connectivity index (χ1v) is 9.01. The summed E-state index contributed by atoms with van der Waals surface area (Å²) in [4.78, 5) is 33.1. The molecule has 2 fully saturated rings. The second kappa shape index (κ2) is 10.1. The number of hydrogen-bond acceptors (Lipinski definition) is 7. The van der Waals surface area contributed by atoms with Crippen LogP contribution >= 0.6 is 11.6 Å². The lowest BCUT2D eigenvalue weighted by Crippen LogP contribution is -2.28. The molecule has 0 saturated carbocycles. The summed E-state index contributed by atoms with van der Waals surface area (Å²) in [6, 6.07) is 7.58. The molecule has 7 nitrogen and oxygen atoms in total. The van der Waals surface area contributed by atoms with Crippen molar-refractivity contribution in [2.24, 2.45) is 5.92 Å². The lowest BCUT2D eigenvalue weighted by molar-refractivity contribution is -0.301. The third-order valence-electron chi connectivity index (χ3n) is 4.36. The van der Waals surface area contributed by atoms with Crippen LogP contribution in [0.3, 0.4) is 0 Å². The molecule has 0 aromatic heterocycles. The molecule has 2 aliphatic heterocycles. The minimum atomic E-state index is -1.55. The SMILES string of the molecule is O=C([O-])/C=C\C(=O)[O-].O=C1OC(c2ccc(Cl)cc2)CC1CN1CCCC1. The number of halogens is 1. The minimum Gasteiger partial charge on any atom is -0.545 e. The van der Waals surface area contributed by atoms with Crippen LogP contribution in [-0.2, 0) is 19.1 Å². The number of benzene rings is 1. The molecule has 27 heavy (non-hydrogen) atoms. The highest BCUT2D eigenvalue weighted by atomic mass is 35.5. The highest BCUT2D eigenvalue weighted by molar-refractivity contribution is 6.30. The van der Waals surface area contributed by atoms with Crippen molar-refractivity contribution in [2.75, 3.05) is 19.6 Å². The molecule has 1 aromatic rings.